The van der Waals surface area contributed by atoms with Crippen LogP contribution in [-0.4, -0.2) is 49.2 Å². The van der Waals surface area contributed by atoms with Crippen LogP contribution in [0.25, 0.3) is 22.4 Å². The molecule has 172 valence electrons. The number of aromatic nitrogens is 4. The normalized spacial score (nSPS) is 12.9. The Morgan fingerprint density at radius 2 is 1.91 bits per heavy atom. The van der Waals surface area contributed by atoms with Gasteiger partial charge < -0.3 is 30.9 Å². The molecule has 3 aromatic rings. The number of fused-ring (bicyclic) bond motifs is 1. The minimum Gasteiger partial charge on any atom is -0.356 e. The summed E-state index contributed by atoms with van der Waals surface area (Å²) in [7, 11) is 0. The molecule has 11 nitrogen and oxygen atoms in total. The molecule has 1 amide bonds. The Bertz CT molecular complexity index is 1090. The van der Waals surface area contributed by atoms with Gasteiger partial charge in [0.2, 0.25) is 5.91 Å². The maximum Gasteiger partial charge on any atom is 0.405 e. The van der Waals surface area contributed by atoms with Crippen LogP contribution in [0, 0.1) is 15.3 Å². The third-order valence-electron chi connectivity index (χ3n) is 4.41. The molecular formula is C18H19F3N7O4-. The number of amides is 1. The van der Waals surface area contributed by atoms with Gasteiger partial charge in [-0.3, -0.25) is 4.79 Å². The first-order valence-electron chi connectivity index (χ1n) is 9.15. The van der Waals surface area contributed by atoms with E-state index in [-0.39, 0.29) is 6.42 Å². The van der Waals surface area contributed by atoms with Crippen molar-refractivity contribution < 1.29 is 23.1 Å². The van der Waals surface area contributed by atoms with E-state index in [4.69, 9.17) is 15.3 Å². The van der Waals surface area contributed by atoms with E-state index in [0.29, 0.717) is 17.3 Å². The number of halogens is 3. The van der Waals surface area contributed by atoms with Crippen molar-refractivity contribution in [1.82, 2.24) is 25.3 Å². The molecule has 0 bridgehead atoms. The molecule has 3 aromatic heterocycles. The van der Waals surface area contributed by atoms with E-state index in [0.717, 1.165) is 10.9 Å². The Kier molecular flexibility index (Phi) is 7.51. The van der Waals surface area contributed by atoms with Gasteiger partial charge in [0.05, 0.1) is 5.09 Å². The minimum atomic E-state index is -4.48. The molecule has 0 saturated carbocycles. The Morgan fingerprint density at radius 1 is 1.22 bits per heavy atom. The number of alkyl halides is 3. The van der Waals surface area contributed by atoms with Gasteiger partial charge in [-0.15, -0.1) is 0 Å². The van der Waals surface area contributed by atoms with Crippen LogP contribution in [0.4, 0.5) is 19.0 Å². The van der Waals surface area contributed by atoms with Gasteiger partial charge in [0, 0.05) is 29.5 Å². The number of hydrogen-bond donors (Lipinski definition) is 3. The highest BCUT2D eigenvalue weighted by atomic mass is 19.4. The van der Waals surface area contributed by atoms with Crippen molar-refractivity contribution in [3.8, 4) is 11.4 Å². The third kappa shape index (κ3) is 6.52. The predicted molar refractivity (Wildman–Crippen MR) is 109 cm³/mol. The van der Waals surface area contributed by atoms with Gasteiger partial charge in [-0.25, -0.2) is 15.0 Å². The molecule has 0 aromatic carbocycles. The van der Waals surface area contributed by atoms with Crippen molar-refractivity contribution >= 4 is 22.8 Å². The smallest absolute Gasteiger partial charge is 0.356 e. The summed E-state index contributed by atoms with van der Waals surface area (Å²) in [4.78, 5) is 36.5. The number of carbonyl (C=O) groups is 1. The SMILES string of the molecule is CC[C@@](C)(Nc1ccnc(-c2c[nH]c3ncccc23)n1)C(=O)NCC(F)(F)F.O=[N+]([O-])[O-]. The summed E-state index contributed by atoms with van der Waals surface area (Å²) in [6, 6.07) is 5.22. The molecular weight excluding hydrogens is 435 g/mol. The van der Waals surface area contributed by atoms with E-state index in [2.05, 4.69) is 25.3 Å². The standard InChI is InChI=1S/C18H19F3N6O.NO3/c1-3-17(2,16(28)25-10-18(19,20)21)27-13-6-8-23-15(26-13)12-9-24-14-11(12)5-4-7-22-14;2-1(3)4/h4-9H,3,10H2,1-2H3,(H,22,24)(H,25,28)(H,23,26,27);/q;-1/t17-;/m1./s1. The van der Waals surface area contributed by atoms with Crippen molar-refractivity contribution in [2.24, 2.45) is 0 Å². The maximum absolute atomic E-state index is 12.4. The monoisotopic (exact) mass is 454 g/mol. The van der Waals surface area contributed by atoms with Crippen molar-refractivity contribution in [3.63, 3.8) is 0 Å². The molecule has 0 fully saturated rings. The molecule has 0 radical (unpaired) electrons. The molecule has 0 saturated heterocycles. The molecule has 3 heterocycles. The van der Waals surface area contributed by atoms with Crippen LogP contribution in [0.15, 0.2) is 36.8 Å². The second-order valence-corrected chi connectivity index (χ2v) is 6.70. The van der Waals surface area contributed by atoms with E-state index in [1.165, 1.54) is 13.1 Å². The van der Waals surface area contributed by atoms with Crippen LogP contribution in [0.1, 0.15) is 20.3 Å². The Morgan fingerprint density at radius 3 is 2.53 bits per heavy atom. The number of rotatable bonds is 6. The van der Waals surface area contributed by atoms with Gasteiger partial charge in [-0.05, 0) is 31.5 Å². The summed E-state index contributed by atoms with van der Waals surface area (Å²) < 4.78 is 37.2. The van der Waals surface area contributed by atoms with Crippen LogP contribution in [-0.2, 0) is 4.79 Å². The van der Waals surface area contributed by atoms with Crippen LogP contribution < -0.4 is 10.6 Å². The quantitative estimate of drug-likeness (QED) is 0.378. The molecule has 3 N–H and O–H groups in total. The van der Waals surface area contributed by atoms with E-state index in [9.17, 15) is 18.0 Å². The van der Waals surface area contributed by atoms with E-state index in [1.54, 1.807) is 31.5 Å². The molecule has 1 atom stereocenters. The van der Waals surface area contributed by atoms with Crippen molar-refractivity contribution in [1.29, 1.82) is 0 Å². The van der Waals surface area contributed by atoms with Crippen molar-refractivity contribution in [2.75, 3.05) is 11.9 Å². The molecule has 0 spiro atoms. The zero-order chi connectivity index (χ0) is 23.9. The van der Waals surface area contributed by atoms with E-state index >= 15 is 0 Å². The van der Waals surface area contributed by atoms with Crippen LogP contribution in [0.5, 0.6) is 0 Å². The lowest BCUT2D eigenvalue weighted by molar-refractivity contribution is -0.402. The summed E-state index contributed by atoms with van der Waals surface area (Å²) in [6.45, 7) is 1.84. The summed E-state index contributed by atoms with van der Waals surface area (Å²) in [5.74, 6) is -0.0306. The Labute approximate surface area is 179 Å². The third-order valence-corrected chi connectivity index (χ3v) is 4.41. The fourth-order valence-electron chi connectivity index (χ4n) is 2.66. The fourth-order valence-corrected chi connectivity index (χ4v) is 2.66. The average Bonchev–Trinajstić information content (AvgIpc) is 3.15. The van der Waals surface area contributed by atoms with Gasteiger partial charge in [0.25, 0.3) is 0 Å². The lowest BCUT2D eigenvalue weighted by atomic mass is 9.97. The number of H-pyrrole nitrogens is 1. The first kappa shape index (κ1) is 24.3. The molecule has 0 unspecified atom stereocenters. The van der Waals surface area contributed by atoms with Crippen LogP contribution in [0.3, 0.4) is 0 Å². The highest BCUT2D eigenvalue weighted by Crippen LogP contribution is 2.26. The largest absolute Gasteiger partial charge is 0.405 e. The van der Waals surface area contributed by atoms with Gasteiger partial charge >= 0.3 is 6.18 Å². The zero-order valence-corrected chi connectivity index (χ0v) is 16.9. The maximum atomic E-state index is 12.4. The second-order valence-electron chi connectivity index (χ2n) is 6.70. The van der Waals surface area contributed by atoms with Gasteiger partial charge in [-0.1, -0.05) is 6.92 Å². The highest BCUT2D eigenvalue weighted by molar-refractivity contribution is 5.92. The van der Waals surface area contributed by atoms with Gasteiger partial charge in [-0.2, -0.15) is 13.2 Å². The van der Waals surface area contributed by atoms with Gasteiger partial charge in [0.15, 0.2) is 5.82 Å². The van der Waals surface area contributed by atoms with Crippen LogP contribution in [0.2, 0.25) is 0 Å². The lowest BCUT2D eigenvalue weighted by Crippen LogP contribution is -2.52. The average molecular weight is 454 g/mol. The first-order chi connectivity index (χ1) is 14.9. The topological polar surface area (TPSA) is 162 Å². The molecule has 0 aliphatic heterocycles. The lowest BCUT2D eigenvalue weighted by Gasteiger charge is -2.29. The Hall–Kier alpha value is -3.97. The number of carbonyl (C=O) groups excluding carboxylic acids is 1. The zero-order valence-electron chi connectivity index (χ0n) is 16.9. The summed E-state index contributed by atoms with van der Waals surface area (Å²) in [5.41, 5.74) is 0.148. The summed E-state index contributed by atoms with van der Waals surface area (Å²) >= 11 is 0. The number of anilines is 1. The molecule has 3 rings (SSSR count). The second kappa shape index (κ2) is 9.89. The number of aromatic amines is 1. The highest BCUT2D eigenvalue weighted by Gasteiger charge is 2.35. The number of hydrogen-bond acceptors (Lipinski definition) is 8. The molecule has 32 heavy (non-hydrogen) atoms. The fraction of sp³-hybridized carbons (Fsp3) is 0.333. The van der Waals surface area contributed by atoms with Gasteiger partial charge in [0.1, 0.15) is 23.5 Å². The van der Waals surface area contributed by atoms with Crippen LogP contribution >= 0.6 is 0 Å². The summed E-state index contributed by atoms with van der Waals surface area (Å²) in [6.07, 6.45) is 0.686. The molecule has 14 heteroatoms. The van der Waals surface area contributed by atoms with Crippen molar-refractivity contribution in [3.05, 3.63) is 52.1 Å². The summed E-state index contributed by atoms with van der Waals surface area (Å²) in [5, 5.41) is 20.4. The molecule has 0 aliphatic carbocycles. The number of nitrogens with one attached hydrogen (secondary N) is 3. The first-order valence-corrected chi connectivity index (χ1v) is 9.15. The predicted octanol–water partition coefficient (Wildman–Crippen LogP) is 3.04. The minimum absolute atomic E-state index is 0.257. The van der Waals surface area contributed by atoms with Crippen molar-refractivity contribution in [2.45, 2.75) is 32.0 Å². The Balaban J connectivity index is 0.000000837. The number of nitrogens with zero attached hydrogens (tertiary/aromatic N) is 4. The van der Waals surface area contributed by atoms with E-state index in [1.807, 2.05) is 11.4 Å². The van der Waals surface area contributed by atoms with E-state index < -0.39 is 29.3 Å². The number of pyridine rings is 1. The molecule has 0 aliphatic rings.